The Balaban J connectivity index is 2.13. The zero-order valence-electron chi connectivity index (χ0n) is 25.9. The minimum atomic E-state index is -4.83. The van der Waals surface area contributed by atoms with Gasteiger partial charge in [-0.15, -0.1) is 12.8 Å². The molecule has 0 amide bonds. The van der Waals surface area contributed by atoms with E-state index in [0.29, 0.717) is 24.3 Å². The average Bonchev–Trinajstić information content (AvgIpc) is 3.04. The minimum absolute atomic E-state index is 0.268. The normalized spacial score (nSPS) is 12.6. The van der Waals surface area contributed by atoms with Crippen LogP contribution < -0.4 is 14.2 Å². The molecular weight excluding hydrogens is 733 g/mol. The maximum Gasteiger partial charge on any atom is 0.416 e. The molecule has 2 atom stereocenters. The Bertz CT molecular complexity index is 1980. The highest BCUT2D eigenvalue weighted by Crippen LogP contribution is 2.53. The number of rotatable bonds is 10. The number of nitro benzene ring substituents is 2. The Hall–Kier alpha value is -5.64. The molecule has 0 aliphatic heterocycles. The number of alkyl halides is 6. The molecule has 2 unspecified atom stereocenters. The van der Waals surface area contributed by atoms with Gasteiger partial charge in [0.05, 0.1) is 32.1 Å². The van der Waals surface area contributed by atoms with Gasteiger partial charge >= 0.3 is 23.7 Å². The van der Waals surface area contributed by atoms with Gasteiger partial charge in [0.25, 0.3) is 0 Å². The lowest BCUT2D eigenvalue weighted by molar-refractivity contribution is -0.386. The van der Waals surface area contributed by atoms with Gasteiger partial charge < -0.3 is 14.2 Å². The first-order chi connectivity index (χ1) is 23.8. The van der Waals surface area contributed by atoms with Crippen LogP contribution in [0.5, 0.6) is 23.0 Å². The fourth-order valence-electron chi connectivity index (χ4n) is 4.64. The van der Waals surface area contributed by atoms with Crippen LogP contribution in [0.4, 0.5) is 37.7 Å². The van der Waals surface area contributed by atoms with Crippen LogP contribution in [-0.2, 0) is 12.4 Å². The van der Waals surface area contributed by atoms with Crippen molar-refractivity contribution in [2.24, 2.45) is 0 Å². The maximum atomic E-state index is 13.5. The molecule has 17 heteroatoms. The lowest BCUT2D eigenvalue weighted by Crippen LogP contribution is -2.12. The monoisotopic (exact) mass is 752 g/mol. The molecule has 0 fully saturated rings. The highest BCUT2D eigenvalue weighted by molar-refractivity contribution is 6.34. The van der Waals surface area contributed by atoms with E-state index in [1.807, 2.05) is 0 Å². The second-order valence-electron chi connectivity index (χ2n) is 10.4. The number of halogens is 8. The number of terminal acetylenes is 2. The highest BCUT2D eigenvalue weighted by Gasteiger charge is 2.35. The molecule has 0 N–H and O–H groups in total. The summed E-state index contributed by atoms with van der Waals surface area (Å²) >= 11 is 12.7. The predicted molar refractivity (Wildman–Crippen MR) is 175 cm³/mol. The Kier molecular flexibility index (Phi) is 11.0. The topological polar surface area (TPSA) is 114 Å². The first kappa shape index (κ1) is 38.2. The summed E-state index contributed by atoms with van der Waals surface area (Å²) in [7, 11) is 0. The van der Waals surface area contributed by atoms with Gasteiger partial charge in [0.2, 0.25) is 11.5 Å². The summed E-state index contributed by atoms with van der Waals surface area (Å²) in [6.45, 7) is 2.68. The SMILES string of the molecule is C#CC(C)Oc1c([N+](=O)[O-])ccc(Oc2ccc([N+](=O)[O-])c(OC(C)C#C)c2-c2ccc(C(F)(F)F)cc2Cl)c1-c1ccc(C(F)(F)F)cc1Cl. The van der Waals surface area contributed by atoms with Crippen LogP contribution in [-0.4, -0.2) is 22.1 Å². The summed E-state index contributed by atoms with van der Waals surface area (Å²) in [5.41, 5.74) is -5.05. The minimum Gasteiger partial charge on any atom is -0.470 e. The molecule has 9 nitrogen and oxygen atoms in total. The molecule has 4 aromatic rings. The van der Waals surface area contributed by atoms with Gasteiger partial charge in [-0.2, -0.15) is 26.3 Å². The Morgan fingerprint density at radius 3 is 1.29 bits per heavy atom. The molecule has 4 aromatic carbocycles. The quantitative estimate of drug-likeness (QED) is 0.0685. The third-order valence-corrected chi connectivity index (χ3v) is 7.63. The van der Waals surface area contributed by atoms with Crippen molar-refractivity contribution >= 4 is 34.6 Å². The van der Waals surface area contributed by atoms with Crippen LogP contribution in [0, 0.1) is 44.9 Å². The molecule has 0 radical (unpaired) electrons. The molecule has 0 aliphatic rings. The summed E-state index contributed by atoms with van der Waals surface area (Å²) in [5, 5.41) is 23.1. The van der Waals surface area contributed by atoms with E-state index in [2.05, 4.69) is 11.8 Å². The van der Waals surface area contributed by atoms with Crippen molar-refractivity contribution in [1.29, 1.82) is 0 Å². The second kappa shape index (κ2) is 14.7. The van der Waals surface area contributed by atoms with Crippen molar-refractivity contribution < 1.29 is 50.4 Å². The molecule has 0 aromatic heterocycles. The van der Waals surface area contributed by atoms with Crippen molar-refractivity contribution in [3.05, 3.63) is 102 Å². The van der Waals surface area contributed by atoms with Crippen molar-refractivity contribution in [1.82, 2.24) is 0 Å². The summed E-state index contributed by atoms with van der Waals surface area (Å²) in [6.07, 6.45) is -1.09. The van der Waals surface area contributed by atoms with Crippen LogP contribution in [0.25, 0.3) is 22.3 Å². The standard InChI is InChI=1S/C34H20Cl2F6N2O7/c1-5-17(3)49-31-25(43(45)46)11-13-27(29(31)21-9-7-19(15-23(21)35)33(37,38)39)51-28-14-12-26(44(47)48)32(50-18(4)6-2)30(28)22-10-8-20(16-24(22)36)34(40,41)42/h1-2,7-18H,3-4H3. The van der Waals surface area contributed by atoms with Gasteiger partial charge in [-0.1, -0.05) is 47.2 Å². The van der Waals surface area contributed by atoms with Gasteiger partial charge in [0.15, 0.2) is 12.2 Å². The van der Waals surface area contributed by atoms with Crippen molar-refractivity contribution in [3.8, 4) is 69.9 Å². The third kappa shape index (κ3) is 8.23. The van der Waals surface area contributed by atoms with Crippen molar-refractivity contribution in [2.45, 2.75) is 38.4 Å². The van der Waals surface area contributed by atoms with Gasteiger partial charge in [-0.05, 0) is 50.2 Å². The summed E-state index contributed by atoms with van der Waals surface area (Å²) in [4.78, 5) is 22.5. The number of hydrogen-bond acceptors (Lipinski definition) is 7. The largest absolute Gasteiger partial charge is 0.470 e. The first-order valence-corrected chi connectivity index (χ1v) is 14.8. The van der Waals surface area contributed by atoms with Crippen molar-refractivity contribution in [2.75, 3.05) is 0 Å². The molecule has 0 heterocycles. The summed E-state index contributed by atoms with van der Waals surface area (Å²) in [6, 6.07) is 8.09. The molecular formula is C34H20Cl2F6N2O7. The molecule has 0 saturated carbocycles. The molecule has 51 heavy (non-hydrogen) atoms. The Labute approximate surface area is 294 Å². The smallest absolute Gasteiger partial charge is 0.416 e. The van der Waals surface area contributed by atoms with Gasteiger partial charge in [-0.3, -0.25) is 20.2 Å². The van der Waals surface area contributed by atoms with E-state index in [1.54, 1.807) is 0 Å². The van der Waals surface area contributed by atoms with Crippen molar-refractivity contribution in [3.63, 3.8) is 0 Å². The van der Waals surface area contributed by atoms with Crippen LogP contribution in [0.2, 0.25) is 10.0 Å². The fourth-order valence-corrected chi connectivity index (χ4v) is 5.19. The molecule has 0 saturated heterocycles. The fraction of sp³-hybridized carbons (Fsp3) is 0.176. The van der Waals surface area contributed by atoms with E-state index in [1.165, 1.54) is 13.8 Å². The van der Waals surface area contributed by atoms with E-state index in [4.69, 9.17) is 50.3 Å². The van der Waals surface area contributed by atoms with E-state index in [-0.39, 0.29) is 22.3 Å². The predicted octanol–water partition coefficient (Wildman–Crippen LogP) is 10.8. The van der Waals surface area contributed by atoms with Gasteiger partial charge in [0.1, 0.15) is 11.5 Å². The summed E-state index contributed by atoms with van der Waals surface area (Å²) < 4.78 is 98.8. The first-order valence-electron chi connectivity index (χ1n) is 14.1. The van der Waals surface area contributed by atoms with Gasteiger partial charge in [-0.25, -0.2) is 0 Å². The average molecular weight is 753 g/mol. The van der Waals surface area contributed by atoms with E-state index in [9.17, 15) is 46.6 Å². The maximum absolute atomic E-state index is 13.5. The Morgan fingerprint density at radius 1 is 0.667 bits per heavy atom. The number of nitrogens with zero attached hydrogens (tertiary/aromatic N) is 2. The molecule has 4 rings (SSSR count). The molecule has 264 valence electrons. The zero-order chi connectivity index (χ0) is 38.0. The summed E-state index contributed by atoms with van der Waals surface area (Å²) in [5.74, 6) is 2.47. The second-order valence-corrected chi connectivity index (χ2v) is 11.2. The number of nitro groups is 2. The third-order valence-electron chi connectivity index (χ3n) is 7.00. The number of ether oxygens (including phenoxy) is 3. The molecule has 0 aliphatic carbocycles. The number of hydrogen-bond donors (Lipinski definition) is 0. The van der Waals surface area contributed by atoms with E-state index < -0.39 is 90.0 Å². The Morgan fingerprint density at radius 2 is 1.02 bits per heavy atom. The highest BCUT2D eigenvalue weighted by atomic mass is 35.5. The number of benzene rings is 4. The van der Waals surface area contributed by atoms with Crippen LogP contribution >= 0.6 is 23.2 Å². The van der Waals surface area contributed by atoms with Crippen LogP contribution in [0.1, 0.15) is 25.0 Å². The molecule has 0 spiro atoms. The van der Waals surface area contributed by atoms with Gasteiger partial charge in [0, 0.05) is 33.3 Å². The lowest BCUT2D eigenvalue weighted by Gasteiger charge is -2.22. The lowest BCUT2D eigenvalue weighted by atomic mass is 9.99. The van der Waals surface area contributed by atoms with E-state index in [0.717, 1.165) is 36.4 Å². The van der Waals surface area contributed by atoms with Crippen LogP contribution in [0.15, 0.2) is 60.7 Å². The van der Waals surface area contributed by atoms with E-state index >= 15 is 0 Å². The zero-order valence-corrected chi connectivity index (χ0v) is 27.4. The molecule has 0 bridgehead atoms. The van der Waals surface area contributed by atoms with Crippen LogP contribution in [0.3, 0.4) is 0 Å².